The van der Waals surface area contributed by atoms with Crippen molar-refractivity contribution in [2.75, 3.05) is 5.32 Å². The van der Waals surface area contributed by atoms with E-state index in [2.05, 4.69) is 27.0 Å². The van der Waals surface area contributed by atoms with Gasteiger partial charge in [-0.05, 0) is 43.0 Å². The van der Waals surface area contributed by atoms with E-state index < -0.39 is 0 Å². The molecule has 0 aromatic carbocycles. The number of anilines is 1. The smallest absolute Gasteiger partial charge is 0.226 e. The number of H-pyrrole nitrogens is 1. The van der Waals surface area contributed by atoms with Crippen molar-refractivity contribution in [2.45, 2.75) is 44.1 Å². The molecule has 1 aliphatic heterocycles. The molecule has 1 fully saturated rings. The SMILES string of the molecule is Cl.NC1CCC(C2CC(=O)Nc3n[nH]c(-c4cccs4)c32)CC1. The van der Waals surface area contributed by atoms with E-state index in [1.807, 2.05) is 6.07 Å². The van der Waals surface area contributed by atoms with Gasteiger partial charge in [-0.3, -0.25) is 9.89 Å². The van der Waals surface area contributed by atoms with Crippen molar-refractivity contribution in [3.8, 4) is 10.6 Å². The quantitative estimate of drug-likeness (QED) is 0.773. The molecule has 0 bridgehead atoms. The topological polar surface area (TPSA) is 83.8 Å². The molecule has 1 atom stereocenters. The fourth-order valence-corrected chi connectivity index (χ4v) is 4.58. The van der Waals surface area contributed by atoms with Crippen LogP contribution in [0.2, 0.25) is 0 Å². The summed E-state index contributed by atoms with van der Waals surface area (Å²) < 4.78 is 0. The van der Waals surface area contributed by atoms with Crippen molar-refractivity contribution in [3.63, 3.8) is 0 Å². The minimum atomic E-state index is 0. The first-order chi connectivity index (χ1) is 10.7. The Kier molecular flexibility index (Phi) is 4.75. The Hall–Kier alpha value is -1.37. The van der Waals surface area contributed by atoms with Gasteiger partial charge in [-0.25, -0.2) is 0 Å². The number of nitrogens with one attached hydrogen (secondary N) is 2. The summed E-state index contributed by atoms with van der Waals surface area (Å²) in [5, 5.41) is 12.5. The van der Waals surface area contributed by atoms with Crippen molar-refractivity contribution in [1.82, 2.24) is 10.2 Å². The van der Waals surface area contributed by atoms with Crippen LogP contribution >= 0.6 is 23.7 Å². The van der Waals surface area contributed by atoms with Crippen LogP contribution in [0.5, 0.6) is 0 Å². The predicted molar refractivity (Wildman–Crippen MR) is 95.1 cm³/mol. The Labute approximate surface area is 145 Å². The lowest BCUT2D eigenvalue weighted by Crippen LogP contribution is -2.32. The lowest BCUT2D eigenvalue weighted by atomic mass is 9.73. The van der Waals surface area contributed by atoms with Gasteiger partial charge in [-0.1, -0.05) is 6.07 Å². The Morgan fingerprint density at radius 2 is 2.04 bits per heavy atom. The van der Waals surface area contributed by atoms with Crippen molar-refractivity contribution >= 4 is 35.5 Å². The Morgan fingerprint density at radius 1 is 1.26 bits per heavy atom. The molecule has 7 heteroatoms. The summed E-state index contributed by atoms with van der Waals surface area (Å²) in [5.74, 6) is 1.59. The zero-order valence-electron chi connectivity index (χ0n) is 12.7. The third-order valence-electron chi connectivity index (χ3n) is 4.99. The van der Waals surface area contributed by atoms with Gasteiger partial charge in [0, 0.05) is 23.9 Å². The molecule has 1 saturated carbocycles. The number of carbonyl (C=O) groups is 1. The van der Waals surface area contributed by atoms with Gasteiger partial charge in [-0.15, -0.1) is 23.7 Å². The summed E-state index contributed by atoms with van der Waals surface area (Å²) >= 11 is 1.70. The van der Waals surface area contributed by atoms with Crippen LogP contribution in [0.25, 0.3) is 10.6 Å². The second-order valence-electron chi connectivity index (χ2n) is 6.37. The van der Waals surface area contributed by atoms with E-state index in [9.17, 15) is 4.79 Å². The maximum atomic E-state index is 12.1. The number of fused-ring (bicyclic) bond motifs is 1. The first-order valence-corrected chi connectivity index (χ1v) is 8.78. The standard InChI is InChI=1S/C16H20N4OS.ClH/c17-10-5-3-9(4-6-10)11-8-13(21)18-16-14(11)15(19-20-16)12-2-1-7-22-12;/h1-2,7,9-11H,3-6,8,17H2,(H2,18,19,20,21);1H. The molecule has 0 saturated heterocycles. The normalized spacial score (nSPS) is 27.0. The fraction of sp³-hybridized carbons (Fsp3) is 0.500. The maximum absolute atomic E-state index is 12.1. The summed E-state index contributed by atoms with van der Waals surface area (Å²) in [4.78, 5) is 13.2. The molecule has 3 heterocycles. The third kappa shape index (κ3) is 3.03. The highest BCUT2D eigenvalue weighted by Crippen LogP contribution is 2.46. The third-order valence-corrected chi connectivity index (χ3v) is 5.88. The molecule has 2 aliphatic rings. The number of nitrogens with two attached hydrogens (primary N) is 1. The van der Waals surface area contributed by atoms with Crippen LogP contribution in [0.15, 0.2) is 17.5 Å². The maximum Gasteiger partial charge on any atom is 0.226 e. The van der Waals surface area contributed by atoms with Crippen molar-refractivity contribution in [1.29, 1.82) is 0 Å². The average Bonchev–Trinajstić information content (AvgIpc) is 3.15. The second kappa shape index (κ2) is 6.63. The number of aromatic amines is 1. The van der Waals surface area contributed by atoms with Gasteiger partial charge in [-0.2, -0.15) is 5.10 Å². The number of nitrogens with zero attached hydrogens (tertiary/aromatic N) is 1. The predicted octanol–water partition coefficient (Wildman–Crippen LogP) is 3.50. The fourth-order valence-electron chi connectivity index (χ4n) is 3.85. The summed E-state index contributed by atoms with van der Waals surface area (Å²) in [5.41, 5.74) is 8.31. The van der Waals surface area contributed by atoms with Gasteiger partial charge < -0.3 is 11.1 Å². The molecular formula is C16H21ClN4OS. The lowest BCUT2D eigenvalue weighted by Gasteiger charge is -2.34. The van der Waals surface area contributed by atoms with Gasteiger partial charge in [0.1, 0.15) is 0 Å². The van der Waals surface area contributed by atoms with E-state index in [4.69, 9.17) is 5.73 Å². The number of thiophene rings is 1. The molecule has 23 heavy (non-hydrogen) atoms. The Bertz CT molecular complexity index is 676. The zero-order chi connectivity index (χ0) is 15.1. The molecule has 1 amide bonds. The lowest BCUT2D eigenvalue weighted by molar-refractivity contribution is -0.117. The van der Waals surface area contributed by atoms with Crippen LogP contribution in [0, 0.1) is 5.92 Å². The van der Waals surface area contributed by atoms with Crippen molar-refractivity contribution in [2.24, 2.45) is 11.7 Å². The van der Waals surface area contributed by atoms with E-state index in [0.717, 1.165) is 37.2 Å². The molecule has 124 valence electrons. The minimum absolute atomic E-state index is 0. The summed E-state index contributed by atoms with van der Waals surface area (Å²) in [6, 6.07) is 4.47. The van der Waals surface area contributed by atoms with Crippen molar-refractivity contribution < 1.29 is 4.79 Å². The van der Waals surface area contributed by atoms with Crippen LogP contribution in [0.1, 0.15) is 43.6 Å². The summed E-state index contributed by atoms with van der Waals surface area (Å²) in [6.45, 7) is 0. The van der Waals surface area contributed by atoms with E-state index in [-0.39, 0.29) is 24.2 Å². The Balaban J connectivity index is 0.00000156. The van der Waals surface area contributed by atoms with Gasteiger partial charge in [0.25, 0.3) is 0 Å². The molecule has 0 spiro atoms. The van der Waals surface area contributed by atoms with Crippen LogP contribution in [-0.2, 0) is 4.79 Å². The number of amides is 1. The molecule has 1 aliphatic carbocycles. The molecule has 0 radical (unpaired) electrons. The zero-order valence-corrected chi connectivity index (χ0v) is 14.4. The number of halogens is 1. The second-order valence-corrected chi connectivity index (χ2v) is 7.32. The van der Waals surface area contributed by atoms with Crippen molar-refractivity contribution in [3.05, 3.63) is 23.1 Å². The molecule has 2 aromatic heterocycles. The summed E-state index contributed by atoms with van der Waals surface area (Å²) in [6.07, 6.45) is 4.89. The van der Waals surface area contributed by atoms with Gasteiger partial charge in [0.05, 0.1) is 10.6 Å². The molecule has 4 N–H and O–H groups in total. The van der Waals surface area contributed by atoms with Crippen LogP contribution in [-0.4, -0.2) is 22.1 Å². The minimum Gasteiger partial charge on any atom is -0.328 e. The van der Waals surface area contributed by atoms with Crippen LogP contribution in [0.4, 0.5) is 5.82 Å². The van der Waals surface area contributed by atoms with Crippen LogP contribution < -0.4 is 11.1 Å². The first-order valence-electron chi connectivity index (χ1n) is 7.90. The Morgan fingerprint density at radius 3 is 2.74 bits per heavy atom. The van der Waals surface area contributed by atoms with Gasteiger partial charge in [0.2, 0.25) is 5.91 Å². The van der Waals surface area contributed by atoms with E-state index in [1.165, 1.54) is 10.4 Å². The first kappa shape index (κ1) is 16.5. The van der Waals surface area contributed by atoms with E-state index in [1.54, 1.807) is 11.3 Å². The molecule has 1 unspecified atom stereocenters. The van der Waals surface area contributed by atoms with Crippen LogP contribution in [0.3, 0.4) is 0 Å². The average molecular weight is 353 g/mol. The molecule has 2 aromatic rings. The highest BCUT2D eigenvalue weighted by atomic mass is 35.5. The number of aromatic nitrogens is 2. The molecule has 4 rings (SSSR count). The highest BCUT2D eigenvalue weighted by Gasteiger charge is 2.37. The van der Waals surface area contributed by atoms with Gasteiger partial charge >= 0.3 is 0 Å². The van der Waals surface area contributed by atoms with E-state index in [0.29, 0.717) is 18.4 Å². The highest BCUT2D eigenvalue weighted by molar-refractivity contribution is 7.13. The monoisotopic (exact) mass is 352 g/mol. The molecule has 5 nitrogen and oxygen atoms in total. The number of hydrogen-bond acceptors (Lipinski definition) is 4. The van der Waals surface area contributed by atoms with E-state index >= 15 is 0 Å². The largest absolute Gasteiger partial charge is 0.328 e. The molecular weight excluding hydrogens is 332 g/mol. The number of carbonyl (C=O) groups excluding carboxylic acids is 1. The number of rotatable bonds is 2. The van der Waals surface area contributed by atoms with Gasteiger partial charge in [0.15, 0.2) is 5.82 Å². The number of hydrogen-bond donors (Lipinski definition) is 3. The summed E-state index contributed by atoms with van der Waals surface area (Å²) in [7, 11) is 0.